The number of carbonyl (C=O) groups is 2. The number of hydrogen-bond donors (Lipinski definition) is 0. The van der Waals surface area contributed by atoms with Crippen LogP contribution in [-0.4, -0.2) is 30.5 Å². The predicted molar refractivity (Wildman–Crippen MR) is 134 cm³/mol. The summed E-state index contributed by atoms with van der Waals surface area (Å²) < 4.78 is 42.2. The first-order valence-electron chi connectivity index (χ1n) is 11.6. The van der Waals surface area contributed by atoms with Gasteiger partial charge in [-0.25, -0.2) is 0 Å². The van der Waals surface area contributed by atoms with Crippen molar-refractivity contribution in [2.75, 3.05) is 6.61 Å². The Labute approximate surface area is 222 Å². The Morgan fingerprint density at radius 3 is 2.38 bits per heavy atom. The fourth-order valence-electron chi connectivity index (χ4n) is 3.65. The number of aldehydes is 1. The van der Waals surface area contributed by atoms with Crippen LogP contribution in [0.4, 0.5) is 8.78 Å². The fourth-order valence-corrected chi connectivity index (χ4v) is 4.17. The van der Waals surface area contributed by atoms with E-state index in [2.05, 4.69) is 9.72 Å². The molecule has 0 aliphatic heterocycles. The highest BCUT2D eigenvalue weighted by Gasteiger charge is 2.26. The summed E-state index contributed by atoms with van der Waals surface area (Å²) in [5.74, 6) is -0.155. The molecular weight excluding hydrogens is 527 g/mol. The molecule has 0 N–H and O–H groups in total. The van der Waals surface area contributed by atoms with E-state index in [0.29, 0.717) is 51.1 Å². The molecular formula is C27H23Cl2F2NO5. The van der Waals surface area contributed by atoms with Gasteiger partial charge in [-0.3, -0.25) is 14.6 Å². The molecule has 4 rings (SSSR count). The molecule has 1 aliphatic carbocycles. The number of benzene rings is 2. The van der Waals surface area contributed by atoms with Crippen LogP contribution in [0.15, 0.2) is 54.9 Å². The van der Waals surface area contributed by atoms with Crippen LogP contribution in [0.5, 0.6) is 11.5 Å². The van der Waals surface area contributed by atoms with Gasteiger partial charge in [-0.2, -0.15) is 8.78 Å². The molecule has 0 amide bonds. The van der Waals surface area contributed by atoms with Crippen LogP contribution in [0, 0.1) is 5.92 Å². The lowest BCUT2D eigenvalue weighted by Gasteiger charge is -2.21. The van der Waals surface area contributed by atoms with Crippen LogP contribution in [0.1, 0.15) is 46.0 Å². The molecule has 0 saturated heterocycles. The van der Waals surface area contributed by atoms with E-state index in [-0.39, 0.29) is 24.3 Å². The van der Waals surface area contributed by atoms with Gasteiger partial charge in [-0.15, -0.1) is 0 Å². The summed E-state index contributed by atoms with van der Waals surface area (Å²) in [7, 11) is 0. The zero-order valence-corrected chi connectivity index (χ0v) is 21.1. The second-order valence-electron chi connectivity index (χ2n) is 8.64. The van der Waals surface area contributed by atoms with E-state index < -0.39 is 18.7 Å². The Bertz CT molecular complexity index is 1230. The Morgan fingerprint density at radius 1 is 1.05 bits per heavy atom. The van der Waals surface area contributed by atoms with Gasteiger partial charge in [0.1, 0.15) is 12.4 Å². The normalized spacial score (nSPS) is 13.8. The van der Waals surface area contributed by atoms with Gasteiger partial charge in [0.15, 0.2) is 11.5 Å². The standard InChI is InChI=1S/C27H23Cl2F2NO5/c28-21-12-32-13-22(29)20(21)11-24(36-26(34)9-16-1-3-17(14-33)4-2-16)19-7-8-23(37-27(30)31)25(10-19)35-15-18-5-6-18/h1-4,7-8,10,12-14,18,24,27H,5-6,9,11,15H2/t24-/m0/s1. The topological polar surface area (TPSA) is 74.7 Å². The van der Waals surface area contributed by atoms with Crippen LogP contribution in [0.2, 0.25) is 10.0 Å². The maximum Gasteiger partial charge on any atom is 0.387 e. The van der Waals surface area contributed by atoms with Gasteiger partial charge in [-0.05, 0) is 47.6 Å². The molecule has 37 heavy (non-hydrogen) atoms. The molecule has 10 heteroatoms. The number of rotatable bonds is 12. The van der Waals surface area contributed by atoms with E-state index in [1.807, 2.05) is 0 Å². The van der Waals surface area contributed by atoms with Crippen LogP contribution in [0.25, 0.3) is 0 Å². The highest BCUT2D eigenvalue weighted by Crippen LogP contribution is 2.38. The van der Waals surface area contributed by atoms with Crippen molar-refractivity contribution in [2.45, 2.75) is 38.4 Å². The van der Waals surface area contributed by atoms with Gasteiger partial charge in [0.2, 0.25) is 0 Å². The maximum atomic E-state index is 13.0. The Morgan fingerprint density at radius 2 is 1.76 bits per heavy atom. The summed E-state index contributed by atoms with van der Waals surface area (Å²) in [5.41, 5.74) is 2.14. The lowest BCUT2D eigenvalue weighted by atomic mass is 10.0. The van der Waals surface area contributed by atoms with E-state index in [0.717, 1.165) is 12.8 Å². The monoisotopic (exact) mass is 549 g/mol. The largest absolute Gasteiger partial charge is 0.489 e. The zero-order valence-electron chi connectivity index (χ0n) is 19.5. The molecule has 0 unspecified atom stereocenters. The minimum absolute atomic E-state index is 0.0505. The van der Waals surface area contributed by atoms with Gasteiger partial charge >= 0.3 is 12.6 Å². The molecule has 1 atom stereocenters. The molecule has 3 aromatic rings. The number of ether oxygens (including phenoxy) is 3. The van der Waals surface area contributed by atoms with Crippen molar-refractivity contribution < 1.29 is 32.6 Å². The van der Waals surface area contributed by atoms with Gasteiger partial charge < -0.3 is 14.2 Å². The second-order valence-corrected chi connectivity index (χ2v) is 9.45. The van der Waals surface area contributed by atoms with E-state index in [1.165, 1.54) is 30.6 Å². The highest BCUT2D eigenvalue weighted by molar-refractivity contribution is 6.35. The molecule has 1 aromatic heterocycles. The number of carbonyl (C=O) groups excluding carboxylic acids is 2. The molecule has 1 fully saturated rings. The first kappa shape index (κ1) is 26.8. The minimum Gasteiger partial charge on any atom is -0.489 e. The summed E-state index contributed by atoms with van der Waals surface area (Å²) >= 11 is 12.6. The summed E-state index contributed by atoms with van der Waals surface area (Å²) in [6.07, 6.45) is 4.78. The quantitative estimate of drug-likeness (QED) is 0.186. The van der Waals surface area contributed by atoms with Crippen molar-refractivity contribution >= 4 is 35.5 Å². The molecule has 1 aliphatic rings. The molecule has 1 saturated carbocycles. The number of pyridine rings is 1. The van der Waals surface area contributed by atoms with Gasteiger partial charge in [0.05, 0.1) is 23.1 Å². The average Bonchev–Trinajstić information content (AvgIpc) is 3.70. The van der Waals surface area contributed by atoms with Crippen molar-refractivity contribution in [1.29, 1.82) is 0 Å². The smallest absolute Gasteiger partial charge is 0.387 e. The summed E-state index contributed by atoms with van der Waals surface area (Å²) in [6.45, 7) is -2.66. The number of esters is 1. The summed E-state index contributed by atoms with van der Waals surface area (Å²) in [6, 6.07) is 11.0. The van der Waals surface area contributed by atoms with Crippen LogP contribution < -0.4 is 9.47 Å². The average molecular weight is 550 g/mol. The lowest BCUT2D eigenvalue weighted by molar-refractivity contribution is -0.148. The number of halogens is 4. The SMILES string of the molecule is O=Cc1ccc(CC(=O)O[C@@H](Cc2c(Cl)cncc2Cl)c2ccc(OC(F)F)c(OCC3CC3)c2)cc1. The molecule has 1 heterocycles. The van der Waals surface area contributed by atoms with Gasteiger partial charge in [0, 0.05) is 24.4 Å². The van der Waals surface area contributed by atoms with Crippen molar-refractivity contribution in [3.8, 4) is 11.5 Å². The molecule has 2 aromatic carbocycles. The number of nitrogens with zero attached hydrogens (tertiary/aromatic N) is 1. The third-order valence-electron chi connectivity index (χ3n) is 5.81. The van der Waals surface area contributed by atoms with Crippen molar-refractivity contribution in [1.82, 2.24) is 4.98 Å². The minimum atomic E-state index is -3.03. The van der Waals surface area contributed by atoms with Crippen molar-refractivity contribution in [2.24, 2.45) is 5.92 Å². The first-order chi connectivity index (χ1) is 17.8. The molecule has 0 spiro atoms. The van der Waals surface area contributed by atoms with Crippen molar-refractivity contribution in [3.63, 3.8) is 0 Å². The lowest BCUT2D eigenvalue weighted by Crippen LogP contribution is -2.16. The zero-order chi connectivity index (χ0) is 26.4. The second kappa shape index (κ2) is 12.3. The Kier molecular flexibility index (Phi) is 8.95. The number of aromatic nitrogens is 1. The predicted octanol–water partition coefficient (Wildman–Crippen LogP) is 6.66. The van der Waals surface area contributed by atoms with Crippen LogP contribution in [0.3, 0.4) is 0 Å². The summed E-state index contributed by atoms with van der Waals surface area (Å²) in [5, 5.41) is 0.585. The summed E-state index contributed by atoms with van der Waals surface area (Å²) in [4.78, 5) is 27.7. The fraction of sp³-hybridized carbons (Fsp3) is 0.296. The van der Waals surface area contributed by atoms with E-state index >= 15 is 0 Å². The van der Waals surface area contributed by atoms with Crippen LogP contribution in [-0.2, 0) is 22.4 Å². The van der Waals surface area contributed by atoms with Gasteiger partial charge in [-0.1, -0.05) is 53.5 Å². The van der Waals surface area contributed by atoms with Crippen LogP contribution >= 0.6 is 23.2 Å². The Hall–Kier alpha value is -3.23. The third-order valence-corrected chi connectivity index (χ3v) is 6.46. The van der Waals surface area contributed by atoms with Gasteiger partial charge in [0.25, 0.3) is 0 Å². The molecule has 0 bridgehead atoms. The number of alkyl halides is 2. The highest BCUT2D eigenvalue weighted by atomic mass is 35.5. The number of hydrogen-bond acceptors (Lipinski definition) is 6. The van der Waals surface area contributed by atoms with E-state index in [9.17, 15) is 18.4 Å². The third kappa shape index (κ3) is 7.63. The maximum absolute atomic E-state index is 13.0. The Balaban J connectivity index is 1.61. The van der Waals surface area contributed by atoms with E-state index in [1.54, 1.807) is 24.3 Å². The van der Waals surface area contributed by atoms with E-state index in [4.69, 9.17) is 32.7 Å². The molecule has 6 nitrogen and oxygen atoms in total. The van der Waals surface area contributed by atoms with Crippen molar-refractivity contribution in [3.05, 3.63) is 87.2 Å². The molecule has 0 radical (unpaired) electrons. The first-order valence-corrected chi connectivity index (χ1v) is 12.3. The molecule has 194 valence electrons.